The van der Waals surface area contributed by atoms with E-state index in [9.17, 15) is 0 Å². The molecule has 1 N–H and O–H groups in total. The molecule has 5 rings (SSSR count). The molecule has 1 saturated heterocycles. The van der Waals surface area contributed by atoms with Crippen LogP contribution >= 0.6 is 11.6 Å². The van der Waals surface area contributed by atoms with Crippen LogP contribution in [0.25, 0.3) is 11.1 Å². The molecule has 5 nitrogen and oxygen atoms in total. The Balaban J connectivity index is 1.35. The summed E-state index contributed by atoms with van der Waals surface area (Å²) < 4.78 is 11.2. The van der Waals surface area contributed by atoms with Crippen molar-refractivity contribution in [3.63, 3.8) is 0 Å². The fourth-order valence-corrected chi connectivity index (χ4v) is 4.38. The summed E-state index contributed by atoms with van der Waals surface area (Å²) in [4.78, 5) is 2.50. The lowest BCUT2D eigenvalue weighted by Crippen LogP contribution is -2.34. The van der Waals surface area contributed by atoms with Gasteiger partial charge in [-0.05, 0) is 43.1 Å². The number of benzene rings is 2. The second kappa shape index (κ2) is 7.49. The van der Waals surface area contributed by atoms with Crippen LogP contribution in [-0.4, -0.2) is 35.0 Å². The summed E-state index contributed by atoms with van der Waals surface area (Å²) in [5, 5.41) is 8.35. The van der Waals surface area contributed by atoms with Crippen molar-refractivity contribution in [2.45, 2.75) is 25.3 Å². The van der Waals surface area contributed by atoms with Crippen molar-refractivity contribution >= 4 is 11.6 Å². The van der Waals surface area contributed by atoms with E-state index in [1.807, 2.05) is 30.5 Å². The van der Waals surface area contributed by atoms with Gasteiger partial charge >= 0.3 is 0 Å². The van der Waals surface area contributed by atoms with Crippen LogP contribution in [0.5, 0.6) is 11.5 Å². The Bertz CT molecular complexity index is 970. The molecule has 2 aliphatic rings. The van der Waals surface area contributed by atoms with Crippen molar-refractivity contribution < 1.29 is 9.47 Å². The third-order valence-electron chi connectivity index (χ3n) is 5.61. The fourth-order valence-electron chi connectivity index (χ4n) is 4.26. The molecule has 1 atom stereocenters. The number of halogens is 1. The van der Waals surface area contributed by atoms with Crippen LogP contribution in [0.15, 0.2) is 48.7 Å². The van der Waals surface area contributed by atoms with Gasteiger partial charge in [-0.25, -0.2) is 0 Å². The number of likely N-dealkylation sites (tertiary alicyclic amines) is 1. The molecule has 0 bridgehead atoms. The molecule has 1 fully saturated rings. The Morgan fingerprint density at radius 1 is 1.14 bits per heavy atom. The lowest BCUT2D eigenvalue weighted by atomic mass is 9.90. The first-order valence-electron chi connectivity index (χ1n) is 9.67. The van der Waals surface area contributed by atoms with Gasteiger partial charge in [-0.1, -0.05) is 35.9 Å². The number of hydrogen-bond acceptors (Lipinski definition) is 4. The molecular weight excluding hydrogens is 374 g/mol. The molecule has 6 heteroatoms. The van der Waals surface area contributed by atoms with E-state index in [1.54, 1.807) is 0 Å². The van der Waals surface area contributed by atoms with Crippen LogP contribution in [0.1, 0.15) is 30.0 Å². The summed E-state index contributed by atoms with van der Waals surface area (Å²) in [5.74, 6) is 2.17. The van der Waals surface area contributed by atoms with Gasteiger partial charge in [0.05, 0.1) is 6.20 Å². The highest BCUT2D eigenvalue weighted by Crippen LogP contribution is 2.38. The molecule has 2 aliphatic heterocycles. The predicted molar refractivity (Wildman–Crippen MR) is 109 cm³/mol. The number of nitrogens with one attached hydrogen (secondary N) is 1. The van der Waals surface area contributed by atoms with E-state index in [4.69, 9.17) is 21.1 Å². The molecule has 1 aromatic heterocycles. The van der Waals surface area contributed by atoms with Gasteiger partial charge in [0.2, 0.25) is 6.79 Å². The number of H-pyrrole nitrogens is 1. The molecule has 28 heavy (non-hydrogen) atoms. The monoisotopic (exact) mass is 395 g/mol. The quantitative estimate of drug-likeness (QED) is 0.686. The fraction of sp³-hybridized carbons (Fsp3) is 0.318. The maximum Gasteiger partial charge on any atom is 0.231 e. The second-order valence-electron chi connectivity index (χ2n) is 7.43. The third-order valence-corrected chi connectivity index (χ3v) is 5.86. The highest BCUT2D eigenvalue weighted by Gasteiger charge is 2.27. The minimum absolute atomic E-state index is 0.313. The van der Waals surface area contributed by atoms with E-state index in [0.29, 0.717) is 12.7 Å². The van der Waals surface area contributed by atoms with Crippen molar-refractivity contribution in [1.82, 2.24) is 15.1 Å². The highest BCUT2D eigenvalue weighted by molar-refractivity contribution is 6.30. The van der Waals surface area contributed by atoms with E-state index in [-0.39, 0.29) is 0 Å². The highest BCUT2D eigenvalue weighted by atomic mass is 35.5. The van der Waals surface area contributed by atoms with Crippen molar-refractivity contribution in [1.29, 1.82) is 0 Å². The maximum absolute atomic E-state index is 6.05. The molecule has 0 aliphatic carbocycles. The number of aromatic nitrogens is 2. The number of aromatic amines is 1. The first-order chi connectivity index (χ1) is 13.8. The average Bonchev–Trinajstić information content (AvgIpc) is 3.39. The number of fused-ring (bicyclic) bond motifs is 1. The Labute approximate surface area is 169 Å². The summed E-state index contributed by atoms with van der Waals surface area (Å²) in [5.41, 5.74) is 4.72. The van der Waals surface area contributed by atoms with Crippen LogP contribution in [0.3, 0.4) is 0 Å². The van der Waals surface area contributed by atoms with Crippen molar-refractivity contribution in [2.75, 3.05) is 19.9 Å². The second-order valence-corrected chi connectivity index (χ2v) is 7.87. The van der Waals surface area contributed by atoms with Crippen LogP contribution in [0.2, 0.25) is 5.02 Å². The van der Waals surface area contributed by atoms with Gasteiger partial charge in [0.1, 0.15) is 0 Å². The molecule has 0 amide bonds. The van der Waals surface area contributed by atoms with E-state index in [0.717, 1.165) is 54.6 Å². The van der Waals surface area contributed by atoms with Crippen molar-refractivity contribution in [3.05, 3.63) is 64.9 Å². The molecule has 1 unspecified atom stereocenters. The number of rotatable bonds is 4. The first-order valence-corrected chi connectivity index (χ1v) is 10.0. The lowest BCUT2D eigenvalue weighted by Gasteiger charge is -2.33. The van der Waals surface area contributed by atoms with Gasteiger partial charge in [-0.2, -0.15) is 5.10 Å². The average molecular weight is 396 g/mol. The van der Waals surface area contributed by atoms with Gasteiger partial charge in [-0.3, -0.25) is 10.00 Å². The molecule has 144 valence electrons. The zero-order valence-electron chi connectivity index (χ0n) is 15.5. The minimum Gasteiger partial charge on any atom is -0.454 e. The van der Waals surface area contributed by atoms with Gasteiger partial charge in [0.15, 0.2) is 11.5 Å². The number of hydrogen-bond donors (Lipinski definition) is 1. The Kier molecular flexibility index (Phi) is 4.71. The standard InChI is InChI=1S/C22H22ClN3O2/c23-18-8-6-15(7-9-18)19-11-24-25-21(19)16-4-2-10-26(12-16)13-17-3-1-5-20-22(17)28-14-27-20/h1,3,5-9,11,16H,2,4,10,12-14H2,(H,24,25). The summed E-state index contributed by atoms with van der Waals surface area (Å²) in [6, 6.07) is 14.1. The topological polar surface area (TPSA) is 50.4 Å². The van der Waals surface area contributed by atoms with E-state index in [2.05, 4.69) is 33.3 Å². The van der Waals surface area contributed by atoms with Crippen LogP contribution in [0.4, 0.5) is 0 Å². The van der Waals surface area contributed by atoms with Gasteiger partial charge in [0, 0.05) is 40.9 Å². The molecule has 0 saturated carbocycles. The van der Waals surface area contributed by atoms with E-state index < -0.39 is 0 Å². The molecule has 3 aromatic rings. The van der Waals surface area contributed by atoms with Crippen LogP contribution in [-0.2, 0) is 6.54 Å². The smallest absolute Gasteiger partial charge is 0.231 e. The largest absolute Gasteiger partial charge is 0.454 e. The number of nitrogens with zero attached hydrogens (tertiary/aromatic N) is 2. The van der Waals surface area contributed by atoms with Gasteiger partial charge in [0.25, 0.3) is 0 Å². The number of piperidine rings is 1. The maximum atomic E-state index is 6.05. The zero-order valence-corrected chi connectivity index (χ0v) is 16.3. The third kappa shape index (κ3) is 3.36. The minimum atomic E-state index is 0.313. The molecule has 0 radical (unpaired) electrons. The van der Waals surface area contributed by atoms with Gasteiger partial charge < -0.3 is 9.47 Å². The molecule has 2 aromatic carbocycles. The van der Waals surface area contributed by atoms with Crippen molar-refractivity contribution in [2.24, 2.45) is 0 Å². The number of para-hydroxylation sites is 1. The first kappa shape index (κ1) is 17.6. The van der Waals surface area contributed by atoms with Crippen LogP contribution in [0, 0.1) is 0 Å². The lowest BCUT2D eigenvalue weighted by molar-refractivity contribution is 0.169. The SMILES string of the molecule is Clc1ccc(-c2cn[nH]c2C2CCCN(Cc3cccc4c3OCO4)C2)cc1. The molecule has 0 spiro atoms. The normalized spacial score (nSPS) is 19.1. The van der Waals surface area contributed by atoms with E-state index >= 15 is 0 Å². The van der Waals surface area contributed by atoms with Gasteiger partial charge in [-0.15, -0.1) is 0 Å². The Morgan fingerprint density at radius 3 is 2.93 bits per heavy atom. The Hall–Kier alpha value is -2.50. The number of ether oxygens (including phenoxy) is 2. The summed E-state index contributed by atoms with van der Waals surface area (Å²) >= 11 is 6.05. The summed E-state index contributed by atoms with van der Waals surface area (Å²) in [6.07, 6.45) is 4.24. The van der Waals surface area contributed by atoms with Crippen LogP contribution < -0.4 is 9.47 Å². The predicted octanol–water partition coefficient (Wildman–Crippen LogP) is 4.84. The molecule has 3 heterocycles. The zero-order chi connectivity index (χ0) is 18.9. The Morgan fingerprint density at radius 2 is 2.04 bits per heavy atom. The van der Waals surface area contributed by atoms with Crippen molar-refractivity contribution in [3.8, 4) is 22.6 Å². The summed E-state index contributed by atoms with van der Waals surface area (Å²) in [7, 11) is 0. The van der Waals surface area contributed by atoms with E-state index in [1.165, 1.54) is 16.8 Å². The summed E-state index contributed by atoms with van der Waals surface area (Å²) in [6.45, 7) is 3.26. The molecular formula is C22H22ClN3O2.